The Kier molecular flexibility index (Phi) is 4.25. The van der Waals surface area contributed by atoms with Gasteiger partial charge in [0, 0.05) is 44.3 Å². The number of alkyl halides is 3. The summed E-state index contributed by atoms with van der Waals surface area (Å²) in [6.45, 7) is 2.35. The fourth-order valence-electron chi connectivity index (χ4n) is 2.68. The molecule has 0 atom stereocenters. The molecule has 124 valence electrons. The highest BCUT2D eigenvalue weighted by atomic mass is 19.4. The number of halogens is 3. The molecule has 1 aromatic heterocycles. The van der Waals surface area contributed by atoms with Crippen LogP contribution in [0.3, 0.4) is 0 Å². The molecule has 1 aliphatic rings. The highest BCUT2D eigenvalue weighted by Crippen LogP contribution is 2.34. The fourth-order valence-corrected chi connectivity index (χ4v) is 2.68. The second kappa shape index (κ2) is 6.35. The minimum atomic E-state index is -4.54. The number of piperazine rings is 1. The molecular weight excluding hydrogens is 319 g/mol. The van der Waals surface area contributed by atoms with Gasteiger partial charge in [-0.25, -0.2) is 9.97 Å². The molecule has 0 saturated carbocycles. The summed E-state index contributed by atoms with van der Waals surface area (Å²) in [4.78, 5) is 12.2. The number of nitrogens with zero attached hydrogens (tertiary/aromatic N) is 5. The average Bonchev–Trinajstić information content (AvgIpc) is 2.61. The van der Waals surface area contributed by atoms with Gasteiger partial charge < -0.3 is 9.80 Å². The van der Waals surface area contributed by atoms with E-state index in [-0.39, 0.29) is 5.56 Å². The number of hydrogen-bond donors (Lipinski definition) is 0. The molecule has 0 amide bonds. The van der Waals surface area contributed by atoms with Gasteiger partial charge in [-0.1, -0.05) is 0 Å². The summed E-state index contributed by atoms with van der Waals surface area (Å²) in [5.74, 6) is 0.618. The normalized spacial score (nSPS) is 15.2. The van der Waals surface area contributed by atoms with E-state index < -0.39 is 11.7 Å². The van der Waals surface area contributed by atoms with Crippen LogP contribution in [0.4, 0.5) is 24.8 Å². The maximum atomic E-state index is 13.1. The van der Waals surface area contributed by atoms with Crippen LogP contribution in [-0.2, 0) is 6.18 Å². The van der Waals surface area contributed by atoms with Gasteiger partial charge in [-0.05, 0) is 24.3 Å². The van der Waals surface area contributed by atoms with Crippen molar-refractivity contribution < 1.29 is 13.2 Å². The zero-order valence-electron chi connectivity index (χ0n) is 12.7. The number of hydrogen-bond acceptors (Lipinski definition) is 5. The molecular formula is C16H14F3N5. The summed E-state index contributed by atoms with van der Waals surface area (Å²) in [7, 11) is 0. The van der Waals surface area contributed by atoms with E-state index in [1.165, 1.54) is 6.07 Å². The van der Waals surface area contributed by atoms with Gasteiger partial charge in [0.1, 0.15) is 0 Å². The van der Waals surface area contributed by atoms with Crippen LogP contribution in [0.15, 0.2) is 36.7 Å². The van der Waals surface area contributed by atoms with E-state index >= 15 is 0 Å². The molecule has 0 N–H and O–H groups in total. The topological polar surface area (TPSA) is 56.1 Å². The predicted molar refractivity (Wildman–Crippen MR) is 82.6 cm³/mol. The molecule has 1 fully saturated rings. The minimum absolute atomic E-state index is 0.359. The Morgan fingerprint density at radius 1 is 1.00 bits per heavy atom. The van der Waals surface area contributed by atoms with E-state index in [1.54, 1.807) is 30.6 Å². The van der Waals surface area contributed by atoms with Crippen LogP contribution in [0.5, 0.6) is 0 Å². The first-order valence-corrected chi connectivity index (χ1v) is 7.37. The zero-order chi connectivity index (χ0) is 17.2. The number of benzene rings is 1. The molecule has 0 bridgehead atoms. The van der Waals surface area contributed by atoms with Crippen LogP contribution < -0.4 is 9.80 Å². The Bertz CT molecular complexity index is 747. The van der Waals surface area contributed by atoms with Crippen LogP contribution in [-0.4, -0.2) is 36.1 Å². The van der Waals surface area contributed by atoms with Gasteiger partial charge >= 0.3 is 6.18 Å². The molecule has 2 aromatic rings. The van der Waals surface area contributed by atoms with Gasteiger partial charge in [0.15, 0.2) is 0 Å². The first-order chi connectivity index (χ1) is 11.5. The van der Waals surface area contributed by atoms with E-state index in [2.05, 4.69) is 9.97 Å². The van der Waals surface area contributed by atoms with Crippen molar-refractivity contribution >= 4 is 11.6 Å². The smallest absolute Gasteiger partial charge is 0.368 e. The minimum Gasteiger partial charge on any atom is -0.368 e. The summed E-state index contributed by atoms with van der Waals surface area (Å²) in [5.41, 5.74) is -0.783. The first-order valence-electron chi connectivity index (χ1n) is 7.37. The molecule has 1 aromatic carbocycles. The van der Waals surface area contributed by atoms with Crippen molar-refractivity contribution in [3.8, 4) is 6.07 Å². The van der Waals surface area contributed by atoms with Gasteiger partial charge in [0.2, 0.25) is 5.95 Å². The lowest BCUT2D eigenvalue weighted by atomic mass is 10.1. The number of aromatic nitrogens is 2. The van der Waals surface area contributed by atoms with Crippen LogP contribution in [0.2, 0.25) is 0 Å². The number of nitriles is 1. The van der Waals surface area contributed by atoms with Crippen LogP contribution in [0.1, 0.15) is 11.1 Å². The molecule has 0 radical (unpaired) electrons. The monoisotopic (exact) mass is 333 g/mol. The lowest BCUT2D eigenvalue weighted by Crippen LogP contribution is -2.47. The Labute approximate surface area is 137 Å². The molecule has 0 spiro atoms. The lowest BCUT2D eigenvalue weighted by Gasteiger charge is -2.36. The summed E-state index contributed by atoms with van der Waals surface area (Å²) in [6, 6.07) is 7.16. The zero-order valence-corrected chi connectivity index (χ0v) is 12.7. The molecule has 5 nitrogen and oxygen atoms in total. The van der Waals surface area contributed by atoms with Crippen molar-refractivity contribution in [1.29, 1.82) is 5.26 Å². The summed E-state index contributed by atoms with van der Waals surface area (Å²) in [5, 5.41) is 8.86. The Morgan fingerprint density at radius 3 is 2.21 bits per heavy atom. The van der Waals surface area contributed by atoms with E-state index in [0.29, 0.717) is 37.8 Å². The molecule has 0 unspecified atom stereocenters. The first kappa shape index (κ1) is 16.1. The van der Waals surface area contributed by atoms with E-state index in [0.717, 1.165) is 6.07 Å². The van der Waals surface area contributed by atoms with E-state index in [4.69, 9.17) is 5.26 Å². The Hall–Kier alpha value is -2.82. The Balaban J connectivity index is 1.76. The van der Waals surface area contributed by atoms with Gasteiger partial charge in [0.25, 0.3) is 0 Å². The van der Waals surface area contributed by atoms with Gasteiger partial charge in [-0.3, -0.25) is 0 Å². The van der Waals surface area contributed by atoms with Crippen molar-refractivity contribution in [3.05, 3.63) is 47.8 Å². The lowest BCUT2D eigenvalue weighted by molar-refractivity contribution is -0.137. The van der Waals surface area contributed by atoms with Crippen molar-refractivity contribution in [3.63, 3.8) is 0 Å². The molecule has 0 aliphatic carbocycles. The highest BCUT2D eigenvalue weighted by Gasteiger charge is 2.34. The second-order valence-corrected chi connectivity index (χ2v) is 5.36. The molecule has 8 heteroatoms. The summed E-state index contributed by atoms with van der Waals surface area (Å²) in [6.07, 6.45) is -1.23. The third-order valence-corrected chi connectivity index (χ3v) is 3.91. The Morgan fingerprint density at radius 2 is 1.62 bits per heavy atom. The highest BCUT2D eigenvalue weighted by molar-refractivity contribution is 5.55. The van der Waals surface area contributed by atoms with Gasteiger partial charge in [-0.2, -0.15) is 18.4 Å². The van der Waals surface area contributed by atoms with Crippen LogP contribution >= 0.6 is 0 Å². The number of anilines is 2. The summed E-state index contributed by atoms with van der Waals surface area (Å²) >= 11 is 0. The predicted octanol–water partition coefficient (Wildman–Crippen LogP) is 2.69. The molecule has 24 heavy (non-hydrogen) atoms. The number of rotatable bonds is 2. The van der Waals surface area contributed by atoms with Crippen LogP contribution in [0, 0.1) is 11.3 Å². The van der Waals surface area contributed by atoms with Gasteiger partial charge in [-0.15, -0.1) is 0 Å². The van der Waals surface area contributed by atoms with Crippen molar-refractivity contribution in [2.24, 2.45) is 0 Å². The third-order valence-electron chi connectivity index (χ3n) is 3.91. The maximum absolute atomic E-state index is 13.1. The molecule has 1 saturated heterocycles. The van der Waals surface area contributed by atoms with Crippen molar-refractivity contribution in [2.45, 2.75) is 6.18 Å². The third kappa shape index (κ3) is 3.25. The van der Waals surface area contributed by atoms with E-state index in [1.807, 2.05) is 9.80 Å². The standard InChI is InChI=1S/C16H14F3N5/c17-16(18,19)14-10-13(3-2-12(14)11-20)23-6-8-24(9-7-23)15-21-4-1-5-22-15/h1-5,10H,6-9H2. The van der Waals surface area contributed by atoms with Crippen LogP contribution in [0.25, 0.3) is 0 Å². The van der Waals surface area contributed by atoms with Crippen molar-refractivity contribution in [1.82, 2.24) is 9.97 Å². The summed E-state index contributed by atoms with van der Waals surface area (Å²) < 4.78 is 39.2. The molecule has 1 aliphatic heterocycles. The molecule has 2 heterocycles. The quantitative estimate of drug-likeness (QED) is 0.846. The maximum Gasteiger partial charge on any atom is 0.417 e. The van der Waals surface area contributed by atoms with Crippen molar-refractivity contribution in [2.75, 3.05) is 36.0 Å². The fraction of sp³-hybridized carbons (Fsp3) is 0.312. The van der Waals surface area contributed by atoms with E-state index in [9.17, 15) is 13.2 Å². The second-order valence-electron chi connectivity index (χ2n) is 5.36. The molecule has 3 rings (SSSR count). The average molecular weight is 333 g/mol. The van der Waals surface area contributed by atoms with Gasteiger partial charge in [0.05, 0.1) is 17.2 Å². The largest absolute Gasteiger partial charge is 0.417 e. The SMILES string of the molecule is N#Cc1ccc(N2CCN(c3ncccn3)CC2)cc1C(F)(F)F.